The monoisotopic (exact) mass is 391 g/mol. The molecule has 27 heavy (non-hydrogen) atoms. The molecule has 1 fully saturated rings. The molecule has 0 aliphatic carbocycles. The topological polar surface area (TPSA) is 132 Å². The largest absolute Gasteiger partial charge is 0.495 e. The minimum atomic E-state index is -0.964. The van der Waals surface area contributed by atoms with Crippen LogP contribution in [-0.2, 0) is 9.59 Å². The Bertz CT molecular complexity index is 1010. The van der Waals surface area contributed by atoms with Crippen molar-refractivity contribution in [2.24, 2.45) is 0 Å². The quantitative estimate of drug-likeness (QED) is 0.366. The minimum absolute atomic E-state index is 0.0951. The van der Waals surface area contributed by atoms with Crippen LogP contribution >= 0.6 is 11.6 Å². The zero-order valence-corrected chi connectivity index (χ0v) is 14.4. The van der Waals surface area contributed by atoms with Crippen LogP contribution in [0.1, 0.15) is 5.76 Å². The molecule has 1 aliphatic heterocycles. The fourth-order valence-corrected chi connectivity index (χ4v) is 2.60. The maximum Gasteiger partial charge on any atom is 0.433 e. The van der Waals surface area contributed by atoms with E-state index in [2.05, 4.69) is 0 Å². The van der Waals surface area contributed by atoms with E-state index in [0.29, 0.717) is 10.6 Å². The number of hydrogen-bond acceptors (Lipinski definition) is 7. The lowest BCUT2D eigenvalue weighted by Crippen LogP contribution is -2.54. The smallest absolute Gasteiger partial charge is 0.433 e. The van der Waals surface area contributed by atoms with Crippen LogP contribution in [0, 0.1) is 10.1 Å². The number of furan rings is 1. The number of methoxy groups -OCH3 is 1. The van der Waals surface area contributed by atoms with E-state index >= 15 is 0 Å². The molecular formula is C16H10ClN3O7. The van der Waals surface area contributed by atoms with Crippen LogP contribution in [0.5, 0.6) is 5.75 Å². The summed E-state index contributed by atoms with van der Waals surface area (Å²) < 4.78 is 9.92. The van der Waals surface area contributed by atoms with Crippen molar-refractivity contribution in [1.82, 2.24) is 5.32 Å². The Morgan fingerprint density at radius 1 is 1.26 bits per heavy atom. The number of ether oxygens (including phenoxy) is 1. The first-order valence-corrected chi connectivity index (χ1v) is 7.69. The van der Waals surface area contributed by atoms with Crippen molar-refractivity contribution < 1.29 is 28.5 Å². The number of carbonyl (C=O) groups excluding carboxylic acids is 3. The average Bonchev–Trinajstić information content (AvgIpc) is 3.07. The average molecular weight is 392 g/mol. The summed E-state index contributed by atoms with van der Waals surface area (Å²) in [6.07, 6.45) is 1.01. The van der Waals surface area contributed by atoms with Crippen molar-refractivity contribution >= 4 is 47.1 Å². The molecule has 3 rings (SSSR count). The standard InChI is InChI=1S/C16H10ClN3O7/c1-26-12-4-2-8(6-11(12)17)19-15(22)10(14(21)18-16(19)23)7-9-3-5-13(27-9)20(24)25/h2-7H,1H3,(H,18,21,23)/b10-7-. The van der Waals surface area contributed by atoms with Crippen LogP contribution in [0.15, 0.2) is 40.3 Å². The molecule has 1 aliphatic rings. The molecule has 1 N–H and O–H groups in total. The number of benzene rings is 1. The van der Waals surface area contributed by atoms with Gasteiger partial charge in [0.1, 0.15) is 22.0 Å². The molecule has 4 amide bonds. The Morgan fingerprint density at radius 2 is 2.00 bits per heavy atom. The first-order chi connectivity index (χ1) is 12.8. The van der Waals surface area contributed by atoms with Crippen LogP contribution in [-0.4, -0.2) is 29.9 Å². The highest BCUT2D eigenvalue weighted by atomic mass is 35.5. The van der Waals surface area contributed by atoms with Crippen molar-refractivity contribution in [2.45, 2.75) is 0 Å². The number of amides is 4. The molecule has 2 aromatic rings. The predicted molar refractivity (Wildman–Crippen MR) is 92.4 cm³/mol. The molecule has 1 aromatic heterocycles. The molecule has 2 heterocycles. The van der Waals surface area contributed by atoms with Gasteiger partial charge in [0.2, 0.25) is 0 Å². The van der Waals surface area contributed by atoms with Gasteiger partial charge in [0.25, 0.3) is 11.8 Å². The number of barbiturate groups is 1. The molecule has 0 radical (unpaired) electrons. The van der Waals surface area contributed by atoms with Crippen LogP contribution in [0.4, 0.5) is 16.4 Å². The highest BCUT2D eigenvalue weighted by Crippen LogP contribution is 2.31. The highest BCUT2D eigenvalue weighted by Gasteiger charge is 2.37. The van der Waals surface area contributed by atoms with Gasteiger partial charge in [0.15, 0.2) is 0 Å². The van der Waals surface area contributed by atoms with Crippen LogP contribution in [0.25, 0.3) is 6.08 Å². The van der Waals surface area contributed by atoms with Crippen molar-refractivity contribution in [3.8, 4) is 5.75 Å². The van der Waals surface area contributed by atoms with Gasteiger partial charge in [-0.15, -0.1) is 0 Å². The normalized spacial score (nSPS) is 15.9. The van der Waals surface area contributed by atoms with Crippen molar-refractivity contribution in [3.63, 3.8) is 0 Å². The summed E-state index contributed by atoms with van der Waals surface area (Å²) >= 11 is 6.02. The summed E-state index contributed by atoms with van der Waals surface area (Å²) in [5.74, 6) is -2.22. The molecule has 11 heteroatoms. The molecule has 0 bridgehead atoms. The molecule has 1 aromatic carbocycles. The summed E-state index contributed by atoms with van der Waals surface area (Å²) in [6.45, 7) is 0. The van der Waals surface area contributed by atoms with Crippen molar-refractivity contribution in [3.05, 3.63) is 56.8 Å². The molecule has 0 saturated carbocycles. The zero-order valence-electron chi connectivity index (χ0n) is 13.6. The molecule has 10 nitrogen and oxygen atoms in total. The van der Waals surface area contributed by atoms with E-state index in [1.807, 2.05) is 5.32 Å². The van der Waals surface area contributed by atoms with Crippen molar-refractivity contribution in [1.29, 1.82) is 0 Å². The van der Waals surface area contributed by atoms with E-state index in [1.165, 1.54) is 31.4 Å². The zero-order chi connectivity index (χ0) is 19.7. The number of anilines is 1. The van der Waals surface area contributed by atoms with Gasteiger partial charge in [-0.1, -0.05) is 11.6 Å². The van der Waals surface area contributed by atoms with Gasteiger partial charge < -0.3 is 9.15 Å². The third-order valence-corrected chi connectivity index (χ3v) is 3.87. The highest BCUT2D eigenvalue weighted by molar-refractivity contribution is 6.39. The fraction of sp³-hybridized carbons (Fsp3) is 0.0625. The lowest BCUT2D eigenvalue weighted by Gasteiger charge is -2.26. The number of halogens is 1. The number of carbonyl (C=O) groups is 3. The second-order valence-electron chi connectivity index (χ2n) is 5.21. The molecule has 0 atom stereocenters. The third kappa shape index (κ3) is 3.37. The number of nitro groups is 1. The minimum Gasteiger partial charge on any atom is -0.495 e. The van der Waals surface area contributed by atoms with E-state index in [9.17, 15) is 24.5 Å². The molecule has 138 valence electrons. The number of urea groups is 1. The van der Waals surface area contributed by atoms with Gasteiger partial charge in [0, 0.05) is 0 Å². The Labute approximate surface area is 156 Å². The maximum absolute atomic E-state index is 12.7. The number of nitrogens with zero attached hydrogens (tertiary/aromatic N) is 2. The van der Waals surface area contributed by atoms with E-state index in [-0.39, 0.29) is 16.5 Å². The van der Waals surface area contributed by atoms with Gasteiger partial charge in [-0.2, -0.15) is 0 Å². The van der Waals surface area contributed by atoms with Gasteiger partial charge in [-0.05, 0) is 30.3 Å². The third-order valence-electron chi connectivity index (χ3n) is 3.57. The number of hydrogen-bond donors (Lipinski definition) is 1. The van der Waals surface area contributed by atoms with E-state index in [1.54, 1.807) is 0 Å². The van der Waals surface area contributed by atoms with E-state index in [0.717, 1.165) is 12.1 Å². The lowest BCUT2D eigenvalue weighted by molar-refractivity contribution is -0.402. The van der Waals surface area contributed by atoms with Crippen molar-refractivity contribution in [2.75, 3.05) is 12.0 Å². The van der Waals surface area contributed by atoms with Crippen LogP contribution in [0.3, 0.4) is 0 Å². The number of imide groups is 2. The van der Waals surface area contributed by atoms with Crippen LogP contribution < -0.4 is 15.0 Å². The van der Waals surface area contributed by atoms with Crippen LogP contribution in [0.2, 0.25) is 5.02 Å². The van der Waals surface area contributed by atoms with Gasteiger partial charge in [-0.25, -0.2) is 9.69 Å². The first-order valence-electron chi connectivity index (χ1n) is 7.31. The summed E-state index contributed by atoms with van der Waals surface area (Å²) in [4.78, 5) is 47.5. The predicted octanol–water partition coefficient (Wildman–Crippen LogP) is 2.52. The second kappa shape index (κ2) is 6.92. The van der Waals surface area contributed by atoms with E-state index < -0.39 is 34.2 Å². The van der Waals surface area contributed by atoms with Gasteiger partial charge in [0.05, 0.1) is 23.9 Å². The Kier molecular flexibility index (Phi) is 4.65. The second-order valence-corrected chi connectivity index (χ2v) is 5.62. The first kappa shape index (κ1) is 18.1. The van der Waals surface area contributed by atoms with Gasteiger partial charge in [-0.3, -0.25) is 25.0 Å². The van der Waals surface area contributed by atoms with Gasteiger partial charge >= 0.3 is 11.9 Å². The fourth-order valence-electron chi connectivity index (χ4n) is 2.35. The molecule has 0 spiro atoms. The summed E-state index contributed by atoms with van der Waals surface area (Å²) in [5, 5.41) is 12.8. The molecular weight excluding hydrogens is 382 g/mol. The number of nitrogens with one attached hydrogen (secondary N) is 1. The SMILES string of the molecule is COc1ccc(N2C(=O)NC(=O)/C(=C/c3ccc([N+](=O)[O-])o3)C2=O)cc1Cl. The summed E-state index contributed by atoms with van der Waals surface area (Å²) in [7, 11) is 1.40. The summed E-state index contributed by atoms with van der Waals surface area (Å²) in [6, 6.07) is 5.51. The number of rotatable bonds is 4. The van der Waals surface area contributed by atoms with E-state index in [4.69, 9.17) is 20.8 Å². The lowest BCUT2D eigenvalue weighted by atomic mass is 10.1. The Hall–Kier alpha value is -3.66. The molecule has 0 unspecified atom stereocenters. The Balaban J connectivity index is 1.99. The molecule has 1 saturated heterocycles. The summed E-state index contributed by atoms with van der Waals surface area (Å²) in [5.41, 5.74) is -0.335. The maximum atomic E-state index is 12.7. The Morgan fingerprint density at radius 3 is 2.59 bits per heavy atom.